The number of pyridine rings is 1. The average Bonchev–Trinajstić information content (AvgIpc) is 3.25. The molecule has 0 spiro atoms. The predicted molar refractivity (Wildman–Crippen MR) is 131 cm³/mol. The van der Waals surface area contributed by atoms with Crippen LogP contribution in [0, 0.1) is 0 Å². The van der Waals surface area contributed by atoms with Crippen molar-refractivity contribution in [1.29, 1.82) is 0 Å². The third kappa shape index (κ3) is 6.87. The minimum absolute atomic E-state index is 0.0372. The lowest BCUT2D eigenvalue weighted by Crippen LogP contribution is -2.45. The van der Waals surface area contributed by atoms with Gasteiger partial charge in [-0.15, -0.1) is 0 Å². The van der Waals surface area contributed by atoms with Gasteiger partial charge in [-0.25, -0.2) is 4.98 Å². The minimum atomic E-state index is -1.02. The number of para-hydroxylation sites is 2. The largest absolute Gasteiger partial charge is 0.387 e. The van der Waals surface area contributed by atoms with Gasteiger partial charge in [0.1, 0.15) is 24.2 Å². The molecule has 3 amide bonds. The third-order valence-electron chi connectivity index (χ3n) is 5.16. The number of carbonyl (C=O) groups excluding carboxylic acids is 3. The molecule has 4 N–H and O–H groups in total. The number of fused-ring (bicyclic) bond motifs is 1. The number of hydrogen-bond acceptors (Lipinski definition) is 6. The fraction of sp³-hybridized carbons (Fsp3) is 0.292. The number of H-pyrrole nitrogens is 1. The van der Waals surface area contributed by atoms with Crippen molar-refractivity contribution in [2.75, 3.05) is 26.0 Å². The van der Waals surface area contributed by atoms with Gasteiger partial charge in [-0.05, 0) is 43.2 Å². The fourth-order valence-corrected chi connectivity index (χ4v) is 3.32. The molecule has 0 aliphatic rings. The first-order valence-corrected chi connectivity index (χ1v) is 11.0. The van der Waals surface area contributed by atoms with E-state index in [2.05, 4.69) is 20.6 Å². The molecule has 0 saturated heterocycles. The van der Waals surface area contributed by atoms with Crippen molar-refractivity contribution in [3.05, 3.63) is 70.9 Å². The van der Waals surface area contributed by atoms with E-state index in [0.29, 0.717) is 12.2 Å². The Morgan fingerprint density at radius 3 is 2.69 bits per heavy atom. The van der Waals surface area contributed by atoms with Crippen LogP contribution < -0.4 is 16.2 Å². The quantitative estimate of drug-likeness (QED) is 0.313. The summed E-state index contributed by atoms with van der Waals surface area (Å²) in [7, 11) is 3.23. The standard InChI is InChI=1S/C24H28N6O5/c1-29(2)22(33)12-6-5-10-18(27-21(32)15-31)23(34)28-19-11-7-13-30(24(19)35)14-20-25-16-8-3-4-9-17(16)26-20/h3-4,6-9,11-13,18,31H,5,10,14-15H2,1-2H3,(H,25,26)(H,27,32)(H,28,34)/b12-6+. The maximum atomic E-state index is 13.0. The van der Waals surface area contributed by atoms with Gasteiger partial charge in [-0.2, -0.15) is 0 Å². The van der Waals surface area contributed by atoms with Crippen molar-refractivity contribution in [1.82, 2.24) is 24.8 Å². The fourth-order valence-electron chi connectivity index (χ4n) is 3.32. The highest BCUT2D eigenvalue weighted by molar-refractivity contribution is 5.97. The number of aromatic nitrogens is 3. The van der Waals surface area contributed by atoms with Gasteiger partial charge in [0.15, 0.2) is 0 Å². The number of aliphatic hydroxyl groups is 1. The predicted octanol–water partition coefficient (Wildman–Crippen LogP) is 0.613. The molecule has 2 heterocycles. The highest BCUT2D eigenvalue weighted by atomic mass is 16.3. The molecule has 0 aliphatic heterocycles. The molecule has 0 saturated carbocycles. The molecule has 0 bridgehead atoms. The Labute approximate surface area is 201 Å². The Morgan fingerprint density at radius 1 is 1.20 bits per heavy atom. The van der Waals surface area contributed by atoms with Crippen molar-refractivity contribution in [3.8, 4) is 0 Å². The SMILES string of the molecule is CN(C)C(=O)/C=C/CCC(NC(=O)CO)C(=O)Nc1cccn(Cc2nc3ccccc3[nH]2)c1=O. The van der Waals surface area contributed by atoms with Crippen LogP contribution >= 0.6 is 0 Å². The second-order valence-electron chi connectivity index (χ2n) is 8.04. The molecule has 35 heavy (non-hydrogen) atoms. The molecule has 11 heteroatoms. The van der Waals surface area contributed by atoms with Crippen LogP contribution in [-0.2, 0) is 20.9 Å². The third-order valence-corrected chi connectivity index (χ3v) is 5.16. The summed E-state index contributed by atoms with van der Waals surface area (Å²) in [5.41, 5.74) is 1.23. The van der Waals surface area contributed by atoms with Crippen LogP contribution in [0.15, 0.2) is 59.5 Å². The molecule has 3 rings (SSSR count). The second kappa shape index (κ2) is 11.7. The molecule has 1 aromatic carbocycles. The zero-order chi connectivity index (χ0) is 25.4. The van der Waals surface area contributed by atoms with E-state index in [1.54, 1.807) is 32.4 Å². The summed E-state index contributed by atoms with van der Waals surface area (Å²) in [4.78, 5) is 58.2. The minimum Gasteiger partial charge on any atom is -0.387 e. The molecule has 0 aliphatic carbocycles. The first kappa shape index (κ1) is 25.4. The summed E-state index contributed by atoms with van der Waals surface area (Å²) in [6.07, 6.45) is 5.03. The molecule has 184 valence electrons. The van der Waals surface area contributed by atoms with Gasteiger partial charge in [0.2, 0.25) is 17.7 Å². The summed E-state index contributed by atoms with van der Waals surface area (Å²) >= 11 is 0. The van der Waals surface area contributed by atoms with Gasteiger partial charge < -0.3 is 30.2 Å². The highest BCUT2D eigenvalue weighted by Gasteiger charge is 2.21. The Morgan fingerprint density at radius 2 is 1.97 bits per heavy atom. The number of anilines is 1. The van der Waals surface area contributed by atoms with Crippen molar-refractivity contribution in [2.45, 2.75) is 25.4 Å². The summed E-state index contributed by atoms with van der Waals surface area (Å²) in [5.74, 6) is -0.963. The molecule has 3 aromatic rings. The number of hydrogen-bond donors (Lipinski definition) is 4. The molecule has 0 fully saturated rings. The summed E-state index contributed by atoms with van der Waals surface area (Å²) in [5, 5.41) is 14.1. The number of nitrogens with one attached hydrogen (secondary N) is 3. The molecule has 2 aromatic heterocycles. The summed E-state index contributed by atoms with van der Waals surface area (Å²) in [6, 6.07) is 9.58. The van der Waals surface area contributed by atoms with Crippen LogP contribution in [0.1, 0.15) is 18.7 Å². The Bertz CT molecular complexity index is 1260. The van der Waals surface area contributed by atoms with Crippen molar-refractivity contribution < 1.29 is 19.5 Å². The van der Waals surface area contributed by atoms with Crippen LogP contribution in [0.5, 0.6) is 0 Å². The van der Waals surface area contributed by atoms with E-state index in [4.69, 9.17) is 5.11 Å². The van der Waals surface area contributed by atoms with Gasteiger partial charge in [0, 0.05) is 20.3 Å². The Kier molecular flexibility index (Phi) is 8.52. The number of carbonyl (C=O) groups is 3. The van der Waals surface area contributed by atoms with Gasteiger partial charge in [0.05, 0.1) is 17.6 Å². The van der Waals surface area contributed by atoms with E-state index in [1.807, 2.05) is 24.3 Å². The van der Waals surface area contributed by atoms with Crippen LogP contribution in [0.3, 0.4) is 0 Å². The van der Waals surface area contributed by atoms with Gasteiger partial charge >= 0.3 is 0 Å². The van der Waals surface area contributed by atoms with Crippen molar-refractivity contribution in [2.24, 2.45) is 0 Å². The van der Waals surface area contributed by atoms with E-state index in [9.17, 15) is 19.2 Å². The maximum absolute atomic E-state index is 13.0. The number of aromatic amines is 1. The molecular formula is C24H28N6O5. The average molecular weight is 481 g/mol. The monoisotopic (exact) mass is 480 g/mol. The zero-order valence-corrected chi connectivity index (χ0v) is 19.5. The smallest absolute Gasteiger partial charge is 0.274 e. The molecule has 1 atom stereocenters. The summed E-state index contributed by atoms with van der Waals surface area (Å²) in [6.45, 7) is -0.610. The first-order valence-electron chi connectivity index (χ1n) is 11.0. The number of amides is 3. The van der Waals surface area contributed by atoms with Crippen molar-refractivity contribution in [3.63, 3.8) is 0 Å². The second-order valence-corrected chi connectivity index (χ2v) is 8.04. The highest BCUT2D eigenvalue weighted by Crippen LogP contribution is 2.11. The van der Waals surface area contributed by atoms with E-state index in [0.717, 1.165) is 11.0 Å². The lowest BCUT2D eigenvalue weighted by Gasteiger charge is -2.17. The number of aliphatic hydroxyl groups excluding tert-OH is 1. The van der Waals surface area contributed by atoms with Gasteiger partial charge in [-0.1, -0.05) is 18.2 Å². The number of rotatable bonds is 10. The van der Waals surface area contributed by atoms with Crippen LogP contribution in [0.2, 0.25) is 0 Å². The summed E-state index contributed by atoms with van der Waals surface area (Å²) < 4.78 is 1.41. The van der Waals surface area contributed by atoms with E-state index in [-0.39, 0.29) is 24.6 Å². The maximum Gasteiger partial charge on any atom is 0.274 e. The molecular weight excluding hydrogens is 452 g/mol. The number of likely N-dealkylation sites (N-methyl/N-ethyl adjacent to an activating group) is 1. The van der Waals surface area contributed by atoms with Crippen molar-refractivity contribution >= 4 is 34.4 Å². The number of allylic oxidation sites excluding steroid dienone is 1. The van der Waals surface area contributed by atoms with E-state index >= 15 is 0 Å². The van der Waals surface area contributed by atoms with E-state index < -0.39 is 30.0 Å². The first-order chi connectivity index (χ1) is 16.8. The lowest BCUT2D eigenvalue weighted by molar-refractivity contribution is -0.128. The zero-order valence-electron chi connectivity index (χ0n) is 19.5. The molecule has 0 radical (unpaired) electrons. The van der Waals surface area contributed by atoms with E-state index in [1.165, 1.54) is 21.6 Å². The number of imidazole rings is 1. The van der Waals surface area contributed by atoms with Crippen LogP contribution in [-0.4, -0.2) is 69.0 Å². The Balaban J connectivity index is 1.71. The van der Waals surface area contributed by atoms with Gasteiger partial charge in [-0.3, -0.25) is 19.2 Å². The topological polar surface area (TPSA) is 149 Å². The molecule has 11 nitrogen and oxygen atoms in total. The normalized spacial score (nSPS) is 12.0. The van der Waals surface area contributed by atoms with Gasteiger partial charge in [0.25, 0.3) is 5.56 Å². The Hall–Kier alpha value is -4.25. The lowest BCUT2D eigenvalue weighted by atomic mass is 10.1. The number of benzene rings is 1. The molecule has 1 unspecified atom stereocenters. The van der Waals surface area contributed by atoms with Crippen LogP contribution in [0.25, 0.3) is 11.0 Å². The number of nitrogens with zero attached hydrogens (tertiary/aromatic N) is 3. The van der Waals surface area contributed by atoms with Crippen LogP contribution in [0.4, 0.5) is 5.69 Å².